The number of hydrogen-bond acceptors (Lipinski definition) is 5. The van der Waals surface area contributed by atoms with Crippen molar-refractivity contribution in [3.63, 3.8) is 0 Å². The Morgan fingerprint density at radius 3 is 2.76 bits per heavy atom. The molecule has 4 N–H and O–H groups in total. The molecule has 0 atom stereocenters. The van der Waals surface area contributed by atoms with E-state index in [1.54, 1.807) is 6.20 Å². The molecule has 2 heterocycles. The number of aromatic amines is 1. The number of H-pyrrole nitrogens is 1. The van der Waals surface area contributed by atoms with Crippen molar-refractivity contribution >= 4 is 17.5 Å². The van der Waals surface area contributed by atoms with Crippen LogP contribution in [0.3, 0.4) is 0 Å². The first-order valence-electron chi connectivity index (χ1n) is 6.22. The minimum absolute atomic E-state index is 0.184. The molecule has 1 aromatic carbocycles. The highest BCUT2D eigenvalue weighted by Crippen LogP contribution is 2.20. The first-order valence-corrected chi connectivity index (χ1v) is 6.22. The number of amides is 1. The fraction of sp³-hybridized carbons (Fsp3) is 0. The van der Waals surface area contributed by atoms with Gasteiger partial charge in [0.05, 0.1) is 17.6 Å². The number of carbonyl (C=O) groups is 1. The van der Waals surface area contributed by atoms with E-state index in [2.05, 4.69) is 25.5 Å². The van der Waals surface area contributed by atoms with Gasteiger partial charge >= 0.3 is 0 Å². The quantitative estimate of drug-likeness (QED) is 0.674. The van der Waals surface area contributed by atoms with Gasteiger partial charge in [-0.05, 0) is 6.07 Å². The van der Waals surface area contributed by atoms with E-state index in [9.17, 15) is 4.79 Å². The van der Waals surface area contributed by atoms with Crippen molar-refractivity contribution in [2.75, 3.05) is 5.32 Å². The average molecular weight is 280 g/mol. The SMILES string of the molecule is NC(=O)c1[nH]ncc1Nc1nccc(-c2ccccc2)n1. The largest absolute Gasteiger partial charge is 0.364 e. The second kappa shape index (κ2) is 5.41. The maximum Gasteiger partial charge on any atom is 0.268 e. The predicted molar refractivity (Wildman–Crippen MR) is 77.9 cm³/mol. The molecule has 104 valence electrons. The lowest BCUT2D eigenvalue weighted by molar-refractivity contribution is 0.0996. The van der Waals surface area contributed by atoms with Crippen LogP contribution < -0.4 is 11.1 Å². The lowest BCUT2D eigenvalue weighted by Gasteiger charge is -2.05. The fourth-order valence-electron chi connectivity index (χ4n) is 1.88. The minimum atomic E-state index is -0.603. The summed E-state index contributed by atoms with van der Waals surface area (Å²) in [5.41, 5.74) is 7.62. The molecular weight excluding hydrogens is 268 g/mol. The van der Waals surface area contributed by atoms with Gasteiger partial charge in [-0.15, -0.1) is 0 Å². The third-order valence-electron chi connectivity index (χ3n) is 2.86. The highest BCUT2D eigenvalue weighted by molar-refractivity contribution is 5.96. The van der Waals surface area contributed by atoms with E-state index < -0.39 is 5.91 Å². The number of anilines is 2. The van der Waals surface area contributed by atoms with Crippen LogP contribution in [0.15, 0.2) is 48.8 Å². The second-order valence-corrected chi connectivity index (χ2v) is 4.28. The number of primary amides is 1. The van der Waals surface area contributed by atoms with Gasteiger partial charge in [0, 0.05) is 11.8 Å². The van der Waals surface area contributed by atoms with Gasteiger partial charge in [-0.3, -0.25) is 9.89 Å². The van der Waals surface area contributed by atoms with Crippen LogP contribution in [0.2, 0.25) is 0 Å². The molecule has 0 aliphatic carbocycles. The molecule has 0 aliphatic heterocycles. The first-order chi connectivity index (χ1) is 10.2. The first kappa shape index (κ1) is 12.8. The van der Waals surface area contributed by atoms with Gasteiger partial charge in [0.2, 0.25) is 5.95 Å². The van der Waals surface area contributed by atoms with E-state index in [-0.39, 0.29) is 5.69 Å². The number of nitrogens with one attached hydrogen (secondary N) is 2. The van der Waals surface area contributed by atoms with Crippen molar-refractivity contribution < 1.29 is 4.79 Å². The third-order valence-corrected chi connectivity index (χ3v) is 2.86. The van der Waals surface area contributed by atoms with Crippen LogP contribution in [-0.4, -0.2) is 26.1 Å². The normalized spacial score (nSPS) is 10.3. The molecule has 0 bridgehead atoms. The standard InChI is InChI=1S/C14H12N6O/c15-13(21)12-11(8-17-20-12)19-14-16-7-6-10(18-14)9-4-2-1-3-5-9/h1-8H,(H2,15,21)(H,17,20)(H,16,18,19). The summed E-state index contributed by atoms with van der Waals surface area (Å²) in [6.07, 6.45) is 3.10. The highest BCUT2D eigenvalue weighted by atomic mass is 16.1. The van der Waals surface area contributed by atoms with Crippen molar-refractivity contribution in [1.29, 1.82) is 0 Å². The summed E-state index contributed by atoms with van der Waals surface area (Å²) in [6, 6.07) is 11.5. The van der Waals surface area contributed by atoms with Gasteiger partial charge in [0.1, 0.15) is 5.69 Å². The smallest absolute Gasteiger partial charge is 0.268 e. The molecule has 7 nitrogen and oxygen atoms in total. The van der Waals surface area contributed by atoms with Crippen molar-refractivity contribution in [2.45, 2.75) is 0 Å². The molecule has 21 heavy (non-hydrogen) atoms. The maximum atomic E-state index is 11.2. The zero-order valence-electron chi connectivity index (χ0n) is 10.9. The van der Waals surface area contributed by atoms with Gasteiger partial charge in [-0.1, -0.05) is 30.3 Å². The molecule has 3 aromatic rings. The van der Waals surface area contributed by atoms with Crippen LogP contribution in [0.5, 0.6) is 0 Å². The highest BCUT2D eigenvalue weighted by Gasteiger charge is 2.11. The number of aromatic nitrogens is 4. The van der Waals surface area contributed by atoms with E-state index in [1.807, 2.05) is 36.4 Å². The number of rotatable bonds is 4. The van der Waals surface area contributed by atoms with E-state index in [4.69, 9.17) is 5.73 Å². The second-order valence-electron chi connectivity index (χ2n) is 4.28. The van der Waals surface area contributed by atoms with Gasteiger partial charge in [0.15, 0.2) is 0 Å². The number of hydrogen-bond donors (Lipinski definition) is 3. The Morgan fingerprint density at radius 1 is 1.19 bits per heavy atom. The number of carbonyl (C=O) groups excluding carboxylic acids is 1. The summed E-state index contributed by atoms with van der Waals surface area (Å²) < 4.78 is 0. The predicted octanol–water partition coefficient (Wildman–Crippen LogP) is 1.71. The Morgan fingerprint density at radius 2 is 2.00 bits per heavy atom. The summed E-state index contributed by atoms with van der Waals surface area (Å²) in [5, 5.41) is 9.23. The monoisotopic (exact) mass is 280 g/mol. The molecule has 7 heteroatoms. The lowest BCUT2D eigenvalue weighted by atomic mass is 10.1. The van der Waals surface area contributed by atoms with E-state index in [0.717, 1.165) is 11.3 Å². The van der Waals surface area contributed by atoms with E-state index in [1.165, 1.54) is 6.20 Å². The van der Waals surface area contributed by atoms with Gasteiger partial charge < -0.3 is 11.1 Å². The van der Waals surface area contributed by atoms with Gasteiger partial charge in [-0.2, -0.15) is 5.10 Å². The zero-order chi connectivity index (χ0) is 14.7. The van der Waals surface area contributed by atoms with Crippen LogP contribution in [0, 0.1) is 0 Å². The molecule has 0 unspecified atom stereocenters. The molecular formula is C14H12N6O. The Labute approximate surface area is 120 Å². The third kappa shape index (κ3) is 2.71. The van der Waals surface area contributed by atoms with Crippen LogP contribution in [-0.2, 0) is 0 Å². The summed E-state index contributed by atoms with van der Waals surface area (Å²) in [6.45, 7) is 0. The Balaban J connectivity index is 1.90. The number of nitrogens with two attached hydrogens (primary N) is 1. The summed E-state index contributed by atoms with van der Waals surface area (Å²) in [5.74, 6) is -0.241. The van der Waals surface area contributed by atoms with Crippen molar-refractivity contribution in [1.82, 2.24) is 20.2 Å². The van der Waals surface area contributed by atoms with Crippen LogP contribution in [0.1, 0.15) is 10.5 Å². The number of nitrogens with zero attached hydrogens (tertiary/aromatic N) is 3. The van der Waals surface area contributed by atoms with E-state index in [0.29, 0.717) is 11.6 Å². The molecule has 0 fully saturated rings. The number of benzene rings is 1. The van der Waals surface area contributed by atoms with Crippen molar-refractivity contribution in [3.05, 3.63) is 54.5 Å². The molecule has 0 saturated heterocycles. The summed E-state index contributed by atoms with van der Waals surface area (Å²) in [7, 11) is 0. The Hall–Kier alpha value is -3.22. The van der Waals surface area contributed by atoms with Crippen molar-refractivity contribution in [3.8, 4) is 11.3 Å². The summed E-state index contributed by atoms with van der Waals surface area (Å²) in [4.78, 5) is 19.8. The van der Waals surface area contributed by atoms with Gasteiger partial charge in [0.25, 0.3) is 5.91 Å². The lowest BCUT2D eigenvalue weighted by Crippen LogP contribution is -2.13. The topological polar surface area (TPSA) is 110 Å². The zero-order valence-corrected chi connectivity index (χ0v) is 10.9. The van der Waals surface area contributed by atoms with Crippen LogP contribution in [0.25, 0.3) is 11.3 Å². The van der Waals surface area contributed by atoms with Crippen LogP contribution >= 0.6 is 0 Å². The maximum absolute atomic E-state index is 11.2. The van der Waals surface area contributed by atoms with Gasteiger partial charge in [-0.25, -0.2) is 9.97 Å². The molecule has 3 rings (SSSR count). The Kier molecular flexibility index (Phi) is 3.30. The Bertz CT molecular complexity index is 768. The molecule has 0 radical (unpaired) electrons. The minimum Gasteiger partial charge on any atom is -0.364 e. The summed E-state index contributed by atoms with van der Waals surface area (Å²) >= 11 is 0. The fourth-order valence-corrected chi connectivity index (χ4v) is 1.88. The molecule has 0 saturated carbocycles. The molecule has 1 amide bonds. The molecule has 2 aromatic heterocycles. The van der Waals surface area contributed by atoms with Crippen LogP contribution in [0.4, 0.5) is 11.6 Å². The average Bonchev–Trinajstić information content (AvgIpc) is 2.97. The van der Waals surface area contributed by atoms with E-state index >= 15 is 0 Å². The molecule has 0 spiro atoms. The molecule has 0 aliphatic rings. The van der Waals surface area contributed by atoms with Crippen molar-refractivity contribution in [2.24, 2.45) is 5.73 Å².